The molecule has 16 heavy (non-hydrogen) atoms. The molecule has 1 aromatic rings. The van der Waals surface area contributed by atoms with Gasteiger partial charge in [-0.25, -0.2) is 0 Å². The number of aryl methyl sites for hydroxylation is 1. The highest BCUT2D eigenvalue weighted by Crippen LogP contribution is 2.29. The molecule has 2 rings (SSSR count). The standard InChI is InChI=1S/C11H16N2O3/c1-7-5-6-9(16-7)10-11(3,4)13(15)8(2)12(10)14/h5-6,8,15H,1-4H3. The van der Waals surface area contributed by atoms with Crippen LogP contribution in [-0.2, 0) is 0 Å². The maximum absolute atomic E-state index is 12.0. The van der Waals surface area contributed by atoms with Gasteiger partial charge in [-0.2, -0.15) is 4.74 Å². The van der Waals surface area contributed by atoms with Crippen LogP contribution < -0.4 is 0 Å². The molecule has 0 radical (unpaired) electrons. The maximum atomic E-state index is 12.0. The molecule has 0 fully saturated rings. The summed E-state index contributed by atoms with van der Waals surface area (Å²) in [5, 5.41) is 22.9. The Kier molecular flexibility index (Phi) is 2.32. The Morgan fingerprint density at radius 3 is 2.50 bits per heavy atom. The molecule has 0 saturated heterocycles. The topological polar surface area (TPSA) is 62.7 Å². The molecular weight excluding hydrogens is 208 g/mol. The summed E-state index contributed by atoms with van der Waals surface area (Å²) in [6.45, 7) is 7.04. The highest BCUT2D eigenvalue weighted by Gasteiger charge is 2.51. The van der Waals surface area contributed by atoms with Crippen LogP contribution >= 0.6 is 0 Å². The Bertz CT molecular complexity index is 448. The Morgan fingerprint density at radius 2 is 2.12 bits per heavy atom. The van der Waals surface area contributed by atoms with Crippen LogP contribution in [0.2, 0.25) is 0 Å². The summed E-state index contributed by atoms with van der Waals surface area (Å²) in [5.41, 5.74) is -0.290. The summed E-state index contributed by atoms with van der Waals surface area (Å²) >= 11 is 0. The van der Waals surface area contributed by atoms with Crippen molar-refractivity contribution in [2.24, 2.45) is 0 Å². The van der Waals surface area contributed by atoms with E-state index in [1.807, 2.05) is 6.92 Å². The molecule has 0 aliphatic carbocycles. The van der Waals surface area contributed by atoms with Crippen LogP contribution in [0.15, 0.2) is 16.5 Å². The fourth-order valence-corrected chi connectivity index (χ4v) is 2.10. The van der Waals surface area contributed by atoms with Crippen molar-refractivity contribution >= 4 is 5.71 Å². The molecule has 5 heteroatoms. The lowest BCUT2D eigenvalue weighted by molar-refractivity contribution is -0.532. The highest BCUT2D eigenvalue weighted by molar-refractivity contribution is 6.02. The molecule has 88 valence electrons. The van der Waals surface area contributed by atoms with Gasteiger partial charge in [-0.15, -0.1) is 5.06 Å². The van der Waals surface area contributed by atoms with E-state index in [4.69, 9.17) is 4.42 Å². The Hall–Kier alpha value is -1.33. The van der Waals surface area contributed by atoms with Crippen molar-refractivity contribution in [2.75, 3.05) is 0 Å². The van der Waals surface area contributed by atoms with Crippen LogP contribution in [0.3, 0.4) is 0 Å². The van der Waals surface area contributed by atoms with Gasteiger partial charge in [0.2, 0.25) is 6.17 Å². The third-order valence-electron chi connectivity index (χ3n) is 3.04. The summed E-state index contributed by atoms with van der Waals surface area (Å²) < 4.78 is 6.24. The van der Waals surface area contributed by atoms with Crippen LogP contribution in [0.1, 0.15) is 32.3 Å². The first-order valence-corrected chi connectivity index (χ1v) is 5.24. The van der Waals surface area contributed by atoms with Crippen LogP contribution in [0.25, 0.3) is 0 Å². The van der Waals surface area contributed by atoms with E-state index in [9.17, 15) is 10.4 Å². The van der Waals surface area contributed by atoms with Crippen molar-refractivity contribution < 1.29 is 14.4 Å². The van der Waals surface area contributed by atoms with E-state index in [1.54, 1.807) is 32.9 Å². The lowest BCUT2D eigenvalue weighted by atomic mass is 9.97. The van der Waals surface area contributed by atoms with Crippen molar-refractivity contribution in [3.63, 3.8) is 0 Å². The van der Waals surface area contributed by atoms with Crippen LogP contribution in [0, 0.1) is 12.1 Å². The van der Waals surface area contributed by atoms with E-state index in [1.165, 1.54) is 0 Å². The molecule has 1 unspecified atom stereocenters. The predicted octanol–water partition coefficient (Wildman–Crippen LogP) is 1.72. The number of hydroxylamine groups is 3. The number of nitrogens with zero attached hydrogens (tertiary/aromatic N) is 2. The molecule has 1 aliphatic rings. The summed E-state index contributed by atoms with van der Waals surface area (Å²) in [6, 6.07) is 3.56. The predicted molar refractivity (Wildman–Crippen MR) is 58.3 cm³/mol. The average molecular weight is 224 g/mol. The molecule has 2 heterocycles. The maximum Gasteiger partial charge on any atom is 0.254 e. The quantitative estimate of drug-likeness (QED) is 0.582. The molecule has 1 aromatic heterocycles. The van der Waals surface area contributed by atoms with Gasteiger partial charge in [-0.3, -0.25) is 0 Å². The SMILES string of the molecule is Cc1ccc(C2=[N+]([O-])C(C)N(O)C2(C)C)o1. The minimum atomic E-state index is -0.745. The Labute approximate surface area is 94.1 Å². The number of hydrogen-bond donors (Lipinski definition) is 1. The number of hydrogen-bond acceptors (Lipinski definition) is 4. The van der Waals surface area contributed by atoms with Gasteiger partial charge < -0.3 is 14.8 Å². The lowest BCUT2D eigenvalue weighted by Gasteiger charge is -2.23. The third-order valence-corrected chi connectivity index (χ3v) is 3.04. The molecule has 0 saturated carbocycles. The first-order valence-electron chi connectivity index (χ1n) is 5.24. The van der Waals surface area contributed by atoms with Gasteiger partial charge in [0.1, 0.15) is 11.3 Å². The van der Waals surface area contributed by atoms with E-state index in [2.05, 4.69) is 0 Å². The van der Waals surface area contributed by atoms with Gasteiger partial charge in [0, 0.05) is 6.92 Å². The molecule has 1 N–H and O–H groups in total. The normalized spacial score (nSPS) is 25.4. The van der Waals surface area contributed by atoms with Crippen molar-refractivity contribution in [2.45, 2.75) is 39.4 Å². The Morgan fingerprint density at radius 1 is 1.50 bits per heavy atom. The molecule has 1 aliphatic heterocycles. The Balaban J connectivity index is 2.54. The van der Waals surface area contributed by atoms with E-state index >= 15 is 0 Å². The minimum absolute atomic E-state index is 0.454. The van der Waals surface area contributed by atoms with Crippen LogP contribution in [0.5, 0.6) is 0 Å². The van der Waals surface area contributed by atoms with Gasteiger partial charge in [-0.1, -0.05) is 0 Å². The van der Waals surface area contributed by atoms with Crippen LogP contribution in [0.4, 0.5) is 0 Å². The summed E-state index contributed by atoms with van der Waals surface area (Å²) in [5.74, 6) is 1.26. The molecule has 0 spiro atoms. The van der Waals surface area contributed by atoms with Crippen molar-refractivity contribution in [1.82, 2.24) is 5.06 Å². The average Bonchev–Trinajstić information content (AvgIpc) is 2.66. The second-order valence-electron chi connectivity index (χ2n) is 4.62. The highest BCUT2D eigenvalue weighted by atomic mass is 16.5. The summed E-state index contributed by atoms with van der Waals surface area (Å²) in [4.78, 5) is 0. The van der Waals surface area contributed by atoms with Gasteiger partial charge in [0.25, 0.3) is 5.71 Å². The summed E-state index contributed by atoms with van der Waals surface area (Å²) in [7, 11) is 0. The van der Waals surface area contributed by atoms with Crippen molar-refractivity contribution in [3.05, 3.63) is 28.9 Å². The van der Waals surface area contributed by atoms with Gasteiger partial charge >= 0.3 is 0 Å². The van der Waals surface area contributed by atoms with Crippen LogP contribution in [-0.4, -0.2) is 32.4 Å². The zero-order chi connectivity index (χ0) is 12.1. The monoisotopic (exact) mass is 224 g/mol. The molecular formula is C11H16N2O3. The minimum Gasteiger partial charge on any atom is -0.622 e. The smallest absolute Gasteiger partial charge is 0.254 e. The zero-order valence-corrected chi connectivity index (χ0v) is 9.89. The van der Waals surface area contributed by atoms with Gasteiger partial charge in [-0.05, 0) is 32.9 Å². The second-order valence-corrected chi connectivity index (χ2v) is 4.62. The lowest BCUT2D eigenvalue weighted by Crippen LogP contribution is -2.45. The van der Waals surface area contributed by atoms with Crippen molar-refractivity contribution in [3.8, 4) is 0 Å². The number of furan rings is 1. The molecule has 0 aromatic carbocycles. The fraction of sp³-hybridized carbons (Fsp3) is 0.545. The molecule has 0 bridgehead atoms. The first kappa shape index (κ1) is 11.2. The van der Waals surface area contributed by atoms with E-state index < -0.39 is 11.7 Å². The molecule has 1 atom stereocenters. The second kappa shape index (κ2) is 3.33. The van der Waals surface area contributed by atoms with Gasteiger partial charge in [0.05, 0.1) is 0 Å². The zero-order valence-electron chi connectivity index (χ0n) is 9.89. The van der Waals surface area contributed by atoms with E-state index in [-0.39, 0.29) is 0 Å². The van der Waals surface area contributed by atoms with Crippen molar-refractivity contribution in [1.29, 1.82) is 0 Å². The van der Waals surface area contributed by atoms with E-state index in [0.717, 1.165) is 15.6 Å². The third kappa shape index (κ3) is 1.36. The largest absolute Gasteiger partial charge is 0.622 e. The van der Waals surface area contributed by atoms with E-state index in [0.29, 0.717) is 11.5 Å². The fourth-order valence-electron chi connectivity index (χ4n) is 2.10. The number of rotatable bonds is 1. The summed E-state index contributed by atoms with van der Waals surface area (Å²) in [6.07, 6.45) is -0.601. The van der Waals surface area contributed by atoms with Gasteiger partial charge in [0.15, 0.2) is 5.76 Å². The molecule has 0 amide bonds. The molecule has 5 nitrogen and oxygen atoms in total. The first-order chi connectivity index (χ1) is 7.35.